The van der Waals surface area contributed by atoms with E-state index in [-0.39, 0.29) is 5.91 Å². The Morgan fingerprint density at radius 1 is 1.15 bits per heavy atom. The lowest BCUT2D eigenvalue weighted by Crippen LogP contribution is -2.18. The van der Waals surface area contributed by atoms with E-state index in [1.807, 2.05) is 24.3 Å². The van der Waals surface area contributed by atoms with Gasteiger partial charge < -0.3 is 4.57 Å². The molecule has 1 aromatic heterocycles. The van der Waals surface area contributed by atoms with Crippen LogP contribution in [-0.2, 0) is 13.0 Å². The topological polar surface area (TPSA) is 34.4 Å². The Labute approximate surface area is 172 Å². The van der Waals surface area contributed by atoms with E-state index >= 15 is 0 Å². The zero-order valence-electron chi connectivity index (χ0n) is 15.9. The minimum atomic E-state index is -0.178. The molecule has 0 N–H and O–H groups in total. The van der Waals surface area contributed by atoms with Crippen molar-refractivity contribution in [1.29, 1.82) is 0 Å². The highest BCUT2D eigenvalue weighted by Gasteiger charge is 2.10. The minimum absolute atomic E-state index is 0.178. The second-order valence-electron chi connectivity index (χ2n) is 6.06. The smallest absolute Gasteiger partial charge is 0.279 e. The number of fused-ring (bicyclic) bond motifs is 1. The zero-order chi connectivity index (χ0) is 19.2. The van der Waals surface area contributed by atoms with E-state index in [2.05, 4.69) is 47.9 Å². The summed E-state index contributed by atoms with van der Waals surface area (Å²) in [5.74, 6) is 1.84. The van der Waals surface area contributed by atoms with Crippen LogP contribution in [0.4, 0.5) is 0 Å². The van der Waals surface area contributed by atoms with Gasteiger partial charge in [0.05, 0.1) is 10.2 Å². The van der Waals surface area contributed by atoms with E-state index in [0.29, 0.717) is 5.56 Å². The van der Waals surface area contributed by atoms with Crippen LogP contribution in [0.5, 0.6) is 0 Å². The van der Waals surface area contributed by atoms with Crippen molar-refractivity contribution in [2.45, 2.75) is 31.7 Å². The van der Waals surface area contributed by atoms with E-state index in [4.69, 9.17) is 0 Å². The third-order valence-electron chi connectivity index (χ3n) is 4.28. The molecule has 0 radical (unpaired) electrons. The van der Waals surface area contributed by atoms with Crippen molar-refractivity contribution in [3.05, 3.63) is 58.4 Å². The number of aromatic nitrogens is 1. The Hall–Kier alpha value is -1.50. The first kappa shape index (κ1) is 20.2. The minimum Gasteiger partial charge on any atom is -0.316 e. The predicted octanol–water partition coefficient (Wildman–Crippen LogP) is 5.48. The number of carbonyl (C=O) groups excluding carboxylic acids is 1. The third kappa shape index (κ3) is 4.86. The van der Waals surface area contributed by atoms with E-state index in [1.165, 1.54) is 15.2 Å². The first-order valence-corrected chi connectivity index (χ1v) is 12.3. The number of carbonyl (C=O) groups is 1. The molecule has 0 aliphatic rings. The van der Waals surface area contributed by atoms with Crippen molar-refractivity contribution < 1.29 is 4.79 Å². The summed E-state index contributed by atoms with van der Waals surface area (Å²) in [6.07, 6.45) is 3.11. The van der Waals surface area contributed by atoms with Crippen molar-refractivity contribution in [2.24, 2.45) is 4.99 Å². The number of thioether (sulfide) groups is 2. The average Bonchev–Trinajstić information content (AvgIpc) is 3.03. The van der Waals surface area contributed by atoms with Gasteiger partial charge in [0.2, 0.25) is 0 Å². The predicted molar refractivity (Wildman–Crippen MR) is 120 cm³/mol. The lowest BCUT2D eigenvalue weighted by molar-refractivity contribution is 0.0998. The number of hydrogen-bond donors (Lipinski definition) is 0. The molecule has 3 rings (SSSR count). The maximum Gasteiger partial charge on any atom is 0.279 e. The third-order valence-corrected chi connectivity index (χ3v) is 6.81. The number of amides is 1. The van der Waals surface area contributed by atoms with Gasteiger partial charge in [-0.15, -0.1) is 11.8 Å². The maximum atomic E-state index is 12.7. The summed E-state index contributed by atoms with van der Waals surface area (Å²) in [7, 11) is 0. The van der Waals surface area contributed by atoms with Gasteiger partial charge in [0.1, 0.15) is 0 Å². The summed E-state index contributed by atoms with van der Waals surface area (Å²) >= 11 is 5.17. The first-order valence-electron chi connectivity index (χ1n) is 9.09. The largest absolute Gasteiger partial charge is 0.316 e. The van der Waals surface area contributed by atoms with Crippen LogP contribution in [-0.4, -0.2) is 28.2 Å². The second kappa shape index (κ2) is 9.62. The molecule has 0 saturated heterocycles. The molecule has 0 saturated carbocycles. The fourth-order valence-electron chi connectivity index (χ4n) is 2.83. The van der Waals surface area contributed by atoms with Crippen LogP contribution in [0.1, 0.15) is 29.8 Å². The quantitative estimate of drug-likeness (QED) is 0.478. The summed E-state index contributed by atoms with van der Waals surface area (Å²) in [4.78, 5) is 19.2. The molecule has 1 heterocycles. The Bertz CT molecular complexity index is 987. The second-order valence-corrected chi connectivity index (χ2v) is 9.39. The van der Waals surface area contributed by atoms with Crippen LogP contribution in [0, 0.1) is 0 Å². The zero-order valence-corrected chi connectivity index (χ0v) is 18.3. The van der Waals surface area contributed by atoms with Gasteiger partial charge in [-0.1, -0.05) is 31.3 Å². The van der Waals surface area contributed by atoms with E-state index in [9.17, 15) is 4.79 Å². The standard InChI is InChI=1S/C21H24N2OS3/c1-4-15-6-11-18-19(14-15)27-21(23(18)12-13-25-3)22-20(24)16-7-9-17(10-8-16)26-5-2/h6-11,14H,4-5,12-13H2,1-3H3. The van der Waals surface area contributed by atoms with Gasteiger partial charge in [0.15, 0.2) is 4.80 Å². The van der Waals surface area contributed by atoms with Crippen molar-refractivity contribution in [1.82, 2.24) is 4.57 Å². The van der Waals surface area contributed by atoms with Gasteiger partial charge in [-0.2, -0.15) is 16.8 Å². The number of nitrogens with zero attached hydrogens (tertiary/aromatic N) is 2. The van der Waals surface area contributed by atoms with Crippen LogP contribution in [0.2, 0.25) is 0 Å². The lowest BCUT2D eigenvalue weighted by atomic mass is 10.2. The van der Waals surface area contributed by atoms with E-state index in [0.717, 1.165) is 34.8 Å². The van der Waals surface area contributed by atoms with Gasteiger partial charge in [-0.25, -0.2) is 0 Å². The maximum absolute atomic E-state index is 12.7. The molecular weight excluding hydrogens is 392 g/mol. The molecule has 0 aliphatic heterocycles. The number of hydrogen-bond acceptors (Lipinski definition) is 4. The van der Waals surface area contributed by atoms with Crippen LogP contribution >= 0.6 is 34.9 Å². The number of benzene rings is 2. The van der Waals surface area contributed by atoms with Gasteiger partial charge in [0, 0.05) is 22.8 Å². The molecular formula is C21H24N2OS3. The molecule has 6 heteroatoms. The molecule has 1 amide bonds. The molecule has 3 nitrogen and oxygen atoms in total. The highest BCUT2D eigenvalue weighted by molar-refractivity contribution is 7.99. The Morgan fingerprint density at radius 2 is 1.93 bits per heavy atom. The van der Waals surface area contributed by atoms with Crippen LogP contribution in [0.15, 0.2) is 52.4 Å². The van der Waals surface area contributed by atoms with Crippen molar-refractivity contribution in [2.75, 3.05) is 17.8 Å². The van der Waals surface area contributed by atoms with Crippen molar-refractivity contribution in [3.63, 3.8) is 0 Å². The fraction of sp³-hybridized carbons (Fsp3) is 0.333. The van der Waals surface area contributed by atoms with Crippen LogP contribution < -0.4 is 4.80 Å². The van der Waals surface area contributed by atoms with Gasteiger partial charge in [-0.05, 0) is 60.4 Å². The number of rotatable bonds is 7. The van der Waals surface area contributed by atoms with Crippen LogP contribution in [0.25, 0.3) is 10.2 Å². The van der Waals surface area contributed by atoms with Crippen molar-refractivity contribution in [3.8, 4) is 0 Å². The Morgan fingerprint density at radius 3 is 2.59 bits per heavy atom. The summed E-state index contributed by atoms with van der Waals surface area (Å²) in [5, 5.41) is 0. The molecule has 0 spiro atoms. The Balaban J connectivity index is 2.01. The SMILES string of the molecule is CCSc1ccc(C(=O)N=c2sc3cc(CC)ccc3n2CCSC)cc1. The summed E-state index contributed by atoms with van der Waals surface area (Å²) < 4.78 is 3.37. The van der Waals surface area contributed by atoms with E-state index in [1.54, 1.807) is 34.9 Å². The monoisotopic (exact) mass is 416 g/mol. The normalized spacial score (nSPS) is 12.0. The molecule has 0 aliphatic carbocycles. The molecule has 0 atom stereocenters. The van der Waals surface area contributed by atoms with Gasteiger partial charge >= 0.3 is 0 Å². The van der Waals surface area contributed by atoms with E-state index < -0.39 is 0 Å². The molecule has 27 heavy (non-hydrogen) atoms. The summed E-state index contributed by atoms with van der Waals surface area (Å²) in [6.45, 7) is 5.13. The van der Waals surface area contributed by atoms with Crippen molar-refractivity contribution >= 4 is 51.0 Å². The molecule has 3 aromatic rings. The van der Waals surface area contributed by atoms with Gasteiger partial charge in [-0.3, -0.25) is 4.79 Å². The lowest BCUT2D eigenvalue weighted by Gasteiger charge is -2.04. The number of thiazole rings is 1. The number of aryl methyl sites for hydroxylation is 2. The van der Waals surface area contributed by atoms with Crippen LogP contribution in [0.3, 0.4) is 0 Å². The molecule has 0 unspecified atom stereocenters. The average molecular weight is 417 g/mol. The summed E-state index contributed by atoms with van der Waals surface area (Å²) in [5.41, 5.74) is 3.11. The molecule has 0 bridgehead atoms. The molecule has 2 aromatic carbocycles. The molecule has 142 valence electrons. The Kier molecular flexibility index (Phi) is 7.21. The van der Waals surface area contributed by atoms with Gasteiger partial charge in [0.25, 0.3) is 5.91 Å². The molecule has 0 fully saturated rings. The summed E-state index contributed by atoms with van der Waals surface area (Å²) in [6, 6.07) is 14.3. The fourth-order valence-corrected chi connectivity index (χ4v) is 4.98. The first-order chi connectivity index (χ1) is 13.2. The highest BCUT2D eigenvalue weighted by Crippen LogP contribution is 2.21. The highest BCUT2D eigenvalue weighted by atomic mass is 32.2.